The van der Waals surface area contributed by atoms with Crippen molar-refractivity contribution in [2.75, 3.05) is 12.5 Å². The largest absolute Gasteiger partial charge is 0.296 e. The summed E-state index contributed by atoms with van der Waals surface area (Å²) < 4.78 is 28.8. The summed E-state index contributed by atoms with van der Waals surface area (Å²) in [5, 5.41) is 0. The zero-order chi connectivity index (χ0) is 14.3. The highest BCUT2D eigenvalue weighted by Crippen LogP contribution is 2.16. The highest BCUT2D eigenvalue weighted by Gasteiger charge is 2.15. The molecule has 0 aliphatic carbocycles. The first-order chi connectivity index (χ1) is 8.95. The van der Waals surface area contributed by atoms with Gasteiger partial charge in [-0.15, -0.1) is 11.6 Å². The van der Waals surface area contributed by atoms with Gasteiger partial charge in [0.1, 0.15) is 0 Å². The number of alkyl halides is 1. The van der Waals surface area contributed by atoms with Crippen LogP contribution >= 0.6 is 11.6 Å². The Morgan fingerprint density at radius 1 is 1.21 bits per heavy atom. The monoisotopic (exact) mass is 304 g/mol. The van der Waals surface area contributed by atoms with Gasteiger partial charge < -0.3 is 0 Å². The van der Waals surface area contributed by atoms with E-state index in [0.717, 1.165) is 24.8 Å². The first-order valence-corrected chi connectivity index (χ1v) is 8.42. The summed E-state index contributed by atoms with van der Waals surface area (Å²) >= 11 is 5.62. The van der Waals surface area contributed by atoms with E-state index in [9.17, 15) is 8.42 Å². The van der Waals surface area contributed by atoms with Crippen LogP contribution < -0.4 is 0 Å². The van der Waals surface area contributed by atoms with Gasteiger partial charge in [0.05, 0.1) is 11.5 Å². The Kier molecular flexibility index (Phi) is 6.83. The Bertz CT molecular complexity index is 468. The van der Waals surface area contributed by atoms with Crippen molar-refractivity contribution in [3.8, 4) is 0 Å². The number of aryl methyl sites for hydroxylation is 1. The smallest absolute Gasteiger partial charge is 0.266 e. The molecule has 1 rings (SSSR count). The lowest BCUT2D eigenvalue weighted by atomic mass is 10.0. The molecule has 19 heavy (non-hydrogen) atoms. The van der Waals surface area contributed by atoms with Crippen molar-refractivity contribution >= 4 is 21.7 Å². The average molecular weight is 305 g/mol. The van der Waals surface area contributed by atoms with E-state index < -0.39 is 10.1 Å². The summed E-state index contributed by atoms with van der Waals surface area (Å²) in [4.78, 5) is 0.214. The minimum atomic E-state index is -3.62. The standard InChI is InChI=1S/C14H21ClO3S/c1-12(4-3-10-15)9-11-18-19(16,17)14-7-5-13(2)6-8-14/h5-8,12H,3-4,9-11H2,1-2H3/t12-/m1/s1. The van der Waals surface area contributed by atoms with Crippen LogP contribution in [-0.2, 0) is 14.3 Å². The maximum atomic E-state index is 11.9. The van der Waals surface area contributed by atoms with Crippen LogP contribution in [0.25, 0.3) is 0 Å². The molecule has 0 radical (unpaired) electrons. The van der Waals surface area contributed by atoms with Gasteiger partial charge in [-0.05, 0) is 44.2 Å². The average Bonchev–Trinajstić information content (AvgIpc) is 2.36. The number of hydrogen-bond donors (Lipinski definition) is 0. The van der Waals surface area contributed by atoms with E-state index in [1.165, 1.54) is 0 Å². The lowest BCUT2D eigenvalue weighted by Gasteiger charge is -2.10. The maximum absolute atomic E-state index is 11.9. The van der Waals surface area contributed by atoms with Crippen molar-refractivity contribution in [2.45, 2.75) is 38.0 Å². The van der Waals surface area contributed by atoms with Gasteiger partial charge in [-0.25, -0.2) is 0 Å². The number of hydrogen-bond acceptors (Lipinski definition) is 3. The van der Waals surface area contributed by atoms with E-state index in [4.69, 9.17) is 15.8 Å². The Hall–Kier alpha value is -0.580. The van der Waals surface area contributed by atoms with Crippen LogP contribution in [-0.4, -0.2) is 20.9 Å². The molecule has 3 nitrogen and oxygen atoms in total. The van der Waals surface area contributed by atoms with Crippen LogP contribution in [0.4, 0.5) is 0 Å². The molecule has 0 bridgehead atoms. The van der Waals surface area contributed by atoms with Gasteiger partial charge in [0.25, 0.3) is 10.1 Å². The van der Waals surface area contributed by atoms with E-state index in [2.05, 4.69) is 6.92 Å². The molecule has 0 aliphatic rings. The zero-order valence-corrected chi connectivity index (χ0v) is 13.0. The van der Waals surface area contributed by atoms with Crippen LogP contribution in [0.5, 0.6) is 0 Å². The van der Waals surface area contributed by atoms with Gasteiger partial charge in [-0.2, -0.15) is 8.42 Å². The summed E-state index contributed by atoms with van der Waals surface area (Å²) in [6, 6.07) is 6.67. The topological polar surface area (TPSA) is 43.4 Å². The number of rotatable bonds is 8. The second kappa shape index (κ2) is 7.88. The van der Waals surface area contributed by atoms with Crippen LogP contribution in [0.15, 0.2) is 29.2 Å². The second-order valence-corrected chi connectivity index (χ2v) is 6.81. The highest BCUT2D eigenvalue weighted by molar-refractivity contribution is 7.86. The van der Waals surface area contributed by atoms with Gasteiger partial charge in [-0.3, -0.25) is 4.18 Å². The van der Waals surface area contributed by atoms with Gasteiger partial charge in [0, 0.05) is 5.88 Å². The summed E-state index contributed by atoms with van der Waals surface area (Å²) in [6.07, 6.45) is 2.67. The summed E-state index contributed by atoms with van der Waals surface area (Å²) in [5.74, 6) is 1.07. The van der Waals surface area contributed by atoms with Crippen molar-refractivity contribution in [1.82, 2.24) is 0 Å². The molecule has 1 atom stereocenters. The van der Waals surface area contributed by atoms with E-state index >= 15 is 0 Å². The van der Waals surface area contributed by atoms with Crippen molar-refractivity contribution in [3.63, 3.8) is 0 Å². The number of benzene rings is 1. The second-order valence-electron chi connectivity index (χ2n) is 4.81. The molecule has 0 fully saturated rings. The Morgan fingerprint density at radius 3 is 2.42 bits per heavy atom. The predicted molar refractivity (Wildman–Crippen MR) is 78.1 cm³/mol. The first-order valence-electron chi connectivity index (χ1n) is 6.48. The molecule has 0 saturated carbocycles. The molecule has 1 aromatic rings. The quantitative estimate of drug-likeness (QED) is 0.543. The molecule has 1 aromatic carbocycles. The molecule has 0 aliphatic heterocycles. The van der Waals surface area contributed by atoms with E-state index in [1.807, 2.05) is 6.92 Å². The molecule has 0 N–H and O–H groups in total. The third-order valence-electron chi connectivity index (χ3n) is 2.99. The van der Waals surface area contributed by atoms with Crippen molar-refractivity contribution in [2.24, 2.45) is 5.92 Å². The summed E-state index contributed by atoms with van der Waals surface area (Å²) in [7, 11) is -3.62. The Morgan fingerprint density at radius 2 is 1.84 bits per heavy atom. The summed E-state index contributed by atoms with van der Waals surface area (Å²) in [6.45, 7) is 4.21. The third-order valence-corrected chi connectivity index (χ3v) is 4.58. The minimum absolute atomic E-state index is 0.214. The number of halogens is 1. The minimum Gasteiger partial charge on any atom is -0.266 e. The fraction of sp³-hybridized carbons (Fsp3) is 0.571. The van der Waals surface area contributed by atoms with Crippen LogP contribution in [0.3, 0.4) is 0 Å². The van der Waals surface area contributed by atoms with E-state index in [-0.39, 0.29) is 11.5 Å². The SMILES string of the molecule is Cc1ccc(S(=O)(=O)OCC[C@H](C)CCCCl)cc1. The third kappa shape index (κ3) is 5.93. The molecule has 0 aromatic heterocycles. The van der Waals surface area contributed by atoms with Crippen LogP contribution in [0.2, 0.25) is 0 Å². The van der Waals surface area contributed by atoms with Gasteiger partial charge in [0.15, 0.2) is 0 Å². The summed E-state index contributed by atoms with van der Waals surface area (Å²) in [5.41, 5.74) is 1.02. The Balaban J connectivity index is 2.45. The lowest BCUT2D eigenvalue weighted by molar-refractivity contribution is 0.282. The van der Waals surface area contributed by atoms with Crippen molar-refractivity contribution in [1.29, 1.82) is 0 Å². The molecular weight excluding hydrogens is 284 g/mol. The normalized spacial score (nSPS) is 13.4. The van der Waals surface area contributed by atoms with Gasteiger partial charge in [0.2, 0.25) is 0 Å². The molecule has 0 unspecified atom stereocenters. The molecule has 108 valence electrons. The van der Waals surface area contributed by atoms with Crippen LogP contribution in [0, 0.1) is 12.8 Å². The fourth-order valence-electron chi connectivity index (χ4n) is 1.70. The zero-order valence-electron chi connectivity index (χ0n) is 11.4. The fourth-order valence-corrected chi connectivity index (χ4v) is 2.78. The Labute approximate surface area is 121 Å². The molecule has 0 heterocycles. The molecule has 0 spiro atoms. The van der Waals surface area contributed by atoms with Crippen LogP contribution in [0.1, 0.15) is 31.7 Å². The van der Waals surface area contributed by atoms with Gasteiger partial charge in [-0.1, -0.05) is 24.6 Å². The molecule has 0 saturated heterocycles. The van der Waals surface area contributed by atoms with Gasteiger partial charge >= 0.3 is 0 Å². The molecule has 0 amide bonds. The van der Waals surface area contributed by atoms with E-state index in [1.54, 1.807) is 24.3 Å². The lowest BCUT2D eigenvalue weighted by Crippen LogP contribution is -2.10. The highest BCUT2D eigenvalue weighted by atomic mass is 35.5. The van der Waals surface area contributed by atoms with Crippen molar-refractivity contribution in [3.05, 3.63) is 29.8 Å². The molecule has 5 heteroatoms. The van der Waals surface area contributed by atoms with E-state index in [0.29, 0.717) is 11.8 Å². The first kappa shape index (κ1) is 16.5. The maximum Gasteiger partial charge on any atom is 0.296 e. The molecular formula is C14H21ClO3S. The predicted octanol–water partition coefficient (Wildman–Crippen LogP) is 3.75. The van der Waals surface area contributed by atoms with Crippen molar-refractivity contribution < 1.29 is 12.6 Å².